The van der Waals surface area contributed by atoms with Crippen LogP contribution in [0.15, 0.2) is 45.4 Å². The Kier molecular flexibility index (Phi) is 8.15. The summed E-state index contributed by atoms with van der Waals surface area (Å²) in [5, 5.41) is 7.90. The zero-order valence-electron chi connectivity index (χ0n) is 20.7. The molecule has 0 spiro atoms. The molecule has 1 N–H and O–H groups in total. The molecule has 1 amide bonds. The fourth-order valence-electron chi connectivity index (χ4n) is 4.33. The Hall–Kier alpha value is -2.81. The summed E-state index contributed by atoms with van der Waals surface area (Å²) < 4.78 is 10.5. The smallest absolute Gasteiger partial charge is 0.260 e. The van der Waals surface area contributed by atoms with Gasteiger partial charge in [0.1, 0.15) is 5.84 Å². The van der Waals surface area contributed by atoms with Crippen molar-refractivity contribution < 1.29 is 14.1 Å². The van der Waals surface area contributed by atoms with Gasteiger partial charge in [-0.25, -0.2) is 4.99 Å². The number of amides is 1. The number of amidine groups is 1. The number of aryl methyl sites for hydroxylation is 1. The molecule has 1 saturated heterocycles. The van der Waals surface area contributed by atoms with Crippen LogP contribution in [0, 0.1) is 12.8 Å². The molecular formula is C26H32ClN5O3. The van der Waals surface area contributed by atoms with E-state index in [1.807, 2.05) is 45.1 Å². The Morgan fingerprint density at radius 3 is 2.74 bits per heavy atom. The lowest BCUT2D eigenvalue weighted by Gasteiger charge is -2.31. The molecule has 4 rings (SSSR count). The van der Waals surface area contributed by atoms with Crippen molar-refractivity contribution in [3.05, 3.63) is 52.4 Å². The molecule has 1 aromatic carbocycles. The van der Waals surface area contributed by atoms with Crippen molar-refractivity contribution in [2.75, 3.05) is 26.3 Å². The largest absolute Gasteiger partial charge is 0.381 e. The van der Waals surface area contributed by atoms with E-state index in [-0.39, 0.29) is 12.1 Å². The van der Waals surface area contributed by atoms with Crippen molar-refractivity contribution in [2.24, 2.45) is 10.9 Å². The van der Waals surface area contributed by atoms with Crippen LogP contribution in [-0.2, 0) is 9.53 Å². The van der Waals surface area contributed by atoms with Gasteiger partial charge in [0.05, 0.1) is 6.17 Å². The number of nitrogens with zero attached hydrogens (tertiary/aromatic N) is 4. The van der Waals surface area contributed by atoms with Gasteiger partial charge in [0, 0.05) is 60.5 Å². The van der Waals surface area contributed by atoms with E-state index in [9.17, 15) is 4.79 Å². The molecule has 1 unspecified atom stereocenters. The molecule has 1 atom stereocenters. The maximum Gasteiger partial charge on any atom is 0.260 e. The molecule has 8 nitrogen and oxygen atoms in total. The summed E-state index contributed by atoms with van der Waals surface area (Å²) in [6.45, 7) is 10.7. The first-order valence-electron chi connectivity index (χ1n) is 12.1. The van der Waals surface area contributed by atoms with Crippen molar-refractivity contribution in [1.29, 1.82) is 0 Å². The predicted molar refractivity (Wildman–Crippen MR) is 137 cm³/mol. The first-order chi connectivity index (χ1) is 16.9. The lowest BCUT2D eigenvalue weighted by molar-refractivity contribution is -0.121. The number of hydrogen-bond donors (Lipinski definition) is 1. The zero-order valence-corrected chi connectivity index (χ0v) is 21.4. The molecule has 1 aromatic heterocycles. The summed E-state index contributed by atoms with van der Waals surface area (Å²) in [4.78, 5) is 24.4. The van der Waals surface area contributed by atoms with E-state index in [0.29, 0.717) is 46.2 Å². The molecule has 0 radical (unpaired) electrons. The van der Waals surface area contributed by atoms with Gasteiger partial charge in [0.2, 0.25) is 11.7 Å². The summed E-state index contributed by atoms with van der Waals surface area (Å²) in [6, 6.07) is 5.43. The van der Waals surface area contributed by atoms with E-state index in [2.05, 4.69) is 15.5 Å². The lowest BCUT2D eigenvalue weighted by atomic mass is 9.95. The second kappa shape index (κ2) is 11.3. The Bertz CT molecular complexity index is 1160. The molecule has 2 aliphatic heterocycles. The maximum absolute atomic E-state index is 13.5. The third-order valence-corrected chi connectivity index (χ3v) is 6.63. The number of hydrogen-bond acceptors (Lipinski definition) is 7. The Morgan fingerprint density at radius 2 is 2.11 bits per heavy atom. The molecule has 2 aliphatic rings. The topological polar surface area (TPSA) is 92.9 Å². The van der Waals surface area contributed by atoms with Crippen molar-refractivity contribution in [2.45, 2.75) is 46.7 Å². The summed E-state index contributed by atoms with van der Waals surface area (Å²) >= 11 is 6.64. The average Bonchev–Trinajstić information content (AvgIpc) is 3.30. The van der Waals surface area contributed by atoms with E-state index in [1.54, 1.807) is 17.9 Å². The molecule has 3 heterocycles. The van der Waals surface area contributed by atoms with Gasteiger partial charge in [-0.1, -0.05) is 35.0 Å². The standard InChI is InChI=1S/C26H32ClN5O3/c1-5-19-13-22(21-8-7-20(14-23(21)27)24-30-17(4)35-31-24)26(33)32(6-2)25(19)29-16(3)28-15-18-9-11-34-12-10-18/h5,7-8,13-14,16,18,28H,6,9-12,15H2,1-4H3/b19-5-,29-25+. The summed E-state index contributed by atoms with van der Waals surface area (Å²) in [7, 11) is 0. The number of rotatable bonds is 7. The first kappa shape index (κ1) is 25.3. The van der Waals surface area contributed by atoms with Crippen LogP contribution in [0.25, 0.3) is 17.0 Å². The van der Waals surface area contributed by atoms with Gasteiger partial charge in [0.15, 0.2) is 0 Å². The minimum absolute atomic E-state index is 0.124. The van der Waals surface area contributed by atoms with Gasteiger partial charge < -0.3 is 9.26 Å². The highest BCUT2D eigenvalue weighted by molar-refractivity contribution is 6.37. The average molecular weight is 498 g/mol. The second-order valence-electron chi connectivity index (χ2n) is 8.78. The van der Waals surface area contributed by atoms with Gasteiger partial charge in [-0.3, -0.25) is 15.0 Å². The number of carbonyl (C=O) groups excluding carboxylic acids is 1. The predicted octanol–water partition coefficient (Wildman–Crippen LogP) is 4.65. The fraction of sp³-hybridized carbons (Fsp3) is 0.462. The maximum atomic E-state index is 13.5. The van der Waals surface area contributed by atoms with E-state index in [1.165, 1.54) is 0 Å². The number of likely N-dealkylation sites (N-methyl/N-ethyl adjacent to an activating group) is 1. The van der Waals surface area contributed by atoms with Gasteiger partial charge in [-0.2, -0.15) is 4.98 Å². The Balaban J connectivity index is 1.59. The molecule has 0 saturated carbocycles. The van der Waals surface area contributed by atoms with Crippen LogP contribution in [0.3, 0.4) is 0 Å². The van der Waals surface area contributed by atoms with Gasteiger partial charge in [0.25, 0.3) is 5.91 Å². The van der Waals surface area contributed by atoms with Gasteiger partial charge in [-0.05, 0) is 51.7 Å². The van der Waals surface area contributed by atoms with Crippen molar-refractivity contribution in [3.63, 3.8) is 0 Å². The fourth-order valence-corrected chi connectivity index (χ4v) is 4.61. The van der Waals surface area contributed by atoms with Gasteiger partial charge in [-0.15, -0.1) is 0 Å². The molecule has 186 valence electrons. The Morgan fingerprint density at radius 1 is 1.34 bits per heavy atom. The van der Waals surface area contributed by atoms with Crippen molar-refractivity contribution in [1.82, 2.24) is 20.4 Å². The molecule has 35 heavy (non-hydrogen) atoms. The van der Waals surface area contributed by atoms with E-state index >= 15 is 0 Å². The molecule has 0 aliphatic carbocycles. The third-order valence-electron chi connectivity index (χ3n) is 6.32. The van der Waals surface area contributed by atoms with Gasteiger partial charge >= 0.3 is 0 Å². The molecule has 2 aromatic rings. The zero-order chi connectivity index (χ0) is 24.9. The van der Waals surface area contributed by atoms with Crippen LogP contribution >= 0.6 is 11.6 Å². The number of carbonyl (C=O) groups is 1. The van der Waals surface area contributed by atoms with Crippen LogP contribution in [-0.4, -0.2) is 59.3 Å². The Labute approximate surface area is 211 Å². The normalized spacial score (nSPS) is 20.5. The number of nitrogens with one attached hydrogen (secondary N) is 1. The van der Waals surface area contributed by atoms with Crippen LogP contribution < -0.4 is 5.32 Å². The van der Waals surface area contributed by atoms with E-state index in [4.69, 9.17) is 25.9 Å². The SMILES string of the molecule is C/C=C1/C=C(c2ccc(-c3noc(C)n3)cc2Cl)C(=O)N(CC)/C1=N/C(C)NCC1CCOCC1. The number of benzene rings is 1. The molecule has 0 bridgehead atoms. The number of aromatic nitrogens is 2. The number of halogens is 1. The molecule has 9 heteroatoms. The summed E-state index contributed by atoms with van der Waals surface area (Å²) in [5.41, 5.74) is 2.80. The van der Waals surface area contributed by atoms with Crippen LogP contribution in [0.5, 0.6) is 0 Å². The minimum atomic E-state index is -0.126. The molecular weight excluding hydrogens is 466 g/mol. The number of allylic oxidation sites excluding steroid dienone is 1. The number of ether oxygens (including phenoxy) is 1. The number of aliphatic imine (C=N–C) groups is 1. The molecule has 1 fully saturated rings. The first-order valence-corrected chi connectivity index (χ1v) is 12.5. The van der Waals surface area contributed by atoms with E-state index in [0.717, 1.165) is 43.7 Å². The minimum Gasteiger partial charge on any atom is -0.381 e. The summed E-state index contributed by atoms with van der Waals surface area (Å²) in [5.74, 6) is 2.07. The third kappa shape index (κ3) is 5.72. The highest BCUT2D eigenvalue weighted by Crippen LogP contribution is 2.33. The van der Waals surface area contributed by atoms with Crippen LogP contribution in [0.1, 0.15) is 45.1 Å². The summed E-state index contributed by atoms with van der Waals surface area (Å²) in [6.07, 6.45) is 5.85. The monoisotopic (exact) mass is 497 g/mol. The van der Waals surface area contributed by atoms with E-state index < -0.39 is 0 Å². The second-order valence-corrected chi connectivity index (χ2v) is 9.18. The quantitative estimate of drug-likeness (QED) is 0.598. The van der Waals surface area contributed by atoms with Crippen LogP contribution in [0.2, 0.25) is 5.02 Å². The van der Waals surface area contributed by atoms with Crippen molar-refractivity contribution in [3.8, 4) is 11.4 Å². The highest BCUT2D eigenvalue weighted by atomic mass is 35.5. The lowest BCUT2D eigenvalue weighted by Crippen LogP contribution is -2.43. The highest BCUT2D eigenvalue weighted by Gasteiger charge is 2.31. The van der Waals surface area contributed by atoms with Crippen LogP contribution in [0.4, 0.5) is 0 Å². The van der Waals surface area contributed by atoms with Crippen molar-refractivity contribution >= 4 is 28.9 Å².